The van der Waals surface area contributed by atoms with Gasteiger partial charge in [0.25, 0.3) is 0 Å². The number of rotatable bonds is 6. The standard InChI is InChI=1S/C54H35NO/c1-2-11-38(12-3-1)48-15-8-9-17-51(48)55(47-29-30-50-53(35-47)56-52-31-26-39-13-6-7-16-49(39)54(50)52)46-27-24-37(25-28-46)41-20-21-44-34-45(23-22-43(44)33-41)42-19-18-36-10-4-5-14-40(36)32-42/h1-35H. The quantitative estimate of drug-likeness (QED) is 0.171. The number of para-hydroxylation sites is 1. The Balaban J connectivity index is 0.991. The van der Waals surface area contributed by atoms with Gasteiger partial charge in [0.05, 0.1) is 5.69 Å². The highest BCUT2D eigenvalue weighted by atomic mass is 16.3. The molecule has 0 saturated carbocycles. The SMILES string of the molecule is c1ccc(-c2ccccc2N(c2ccc(-c3ccc4cc(-c5ccc6ccccc6c5)ccc4c3)cc2)c2ccc3c(c2)oc2ccc4ccccc4c23)cc1. The molecule has 0 amide bonds. The summed E-state index contributed by atoms with van der Waals surface area (Å²) in [5.41, 5.74) is 12.1. The molecule has 1 heterocycles. The topological polar surface area (TPSA) is 16.4 Å². The van der Waals surface area contributed by atoms with Crippen LogP contribution >= 0.6 is 0 Å². The third kappa shape index (κ3) is 5.51. The Morgan fingerprint density at radius 1 is 0.304 bits per heavy atom. The van der Waals surface area contributed by atoms with E-state index in [9.17, 15) is 0 Å². The van der Waals surface area contributed by atoms with E-state index in [1.807, 2.05) is 0 Å². The van der Waals surface area contributed by atoms with Gasteiger partial charge in [-0.1, -0.05) is 152 Å². The van der Waals surface area contributed by atoms with Crippen LogP contribution in [0.4, 0.5) is 17.1 Å². The Bertz CT molecular complexity index is 3250. The molecular weight excluding hydrogens is 679 g/mol. The van der Waals surface area contributed by atoms with Crippen LogP contribution in [0.2, 0.25) is 0 Å². The third-order valence-electron chi connectivity index (χ3n) is 11.2. The van der Waals surface area contributed by atoms with Crippen LogP contribution in [0.1, 0.15) is 0 Å². The van der Waals surface area contributed by atoms with Crippen molar-refractivity contribution in [3.05, 3.63) is 212 Å². The van der Waals surface area contributed by atoms with Crippen LogP contribution in [0, 0.1) is 0 Å². The highest BCUT2D eigenvalue weighted by molar-refractivity contribution is 6.19. The van der Waals surface area contributed by atoms with Gasteiger partial charge >= 0.3 is 0 Å². The van der Waals surface area contributed by atoms with Crippen molar-refractivity contribution >= 4 is 71.3 Å². The molecule has 11 aromatic rings. The Morgan fingerprint density at radius 3 is 1.62 bits per heavy atom. The van der Waals surface area contributed by atoms with Gasteiger partial charge in [-0.15, -0.1) is 0 Å². The molecule has 0 bridgehead atoms. The van der Waals surface area contributed by atoms with E-state index in [2.05, 4.69) is 217 Å². The molecular formula is C54H35NO. The van der Waals surface area contributed by atoms with Crippen molar-refractivity contribution < 1.29 is 4.42 Å². The van der Waals surface area contributed by atoms with Crippen LogP contribution in [0.5, 0.6) is 0 Å². The van der Waals surface area contributed by atoms with Gasteiger partial charge in [0.2, 0.25) is 0 Å². The van der Waals surface area contributed by atoms with Gasteiger partial charge in [-0.2, -0.15) is 0 Å². The predicted octanol–water partition coefficient (Wildman–Crippen LogP) is 15.5. The van der Waals surface area contributed by atoms with E-state index in [4.69, 9.17) is 4.42 Å². The number of benzene rings is 10. The predicted molar refractivity (Wildman–Crippen MR) is 237 cm³/mol. The molecule has 0 atom stereocenters. The van der Waals surface area contributed by atoms with Crippen molar-refractivity contribution in [3.63, 3.8) is 0 Å². The number of nitrogens with zero attached hydrogens (tertiary/aromatic N) is 1. The molecule has 0 N–H and O–H groups in total. The fourth-order valence-corrected chi connectivity index (χ4v) is 8.41. The smallest absolute Gasteiger partial charge is 0.137 e. The summed E-state index contributed by atoms with van der Waals surface area (Å²) in [6.45, 7) is 0. The molecule has 0 aliphatic rings. The van der Waals surface area contributed by atoms with Gasteiger partial charge in [0.15, 0.2) is 0 Å². The molecule has 0 aliphatic heterocycles. The van der Waals surface area contributed by atoms with Gasteiger partial charge in [-0.3, -0.25) is 0 Å². The first kappa shape index (κ1) is 32.0. The maximum Gasteiger partial charge on any atom is 0.137 e. The lowest BCUT2D eigenvalue weighted by molar-refractivity contribution is 0.669. The van der Waals surface area contributed by atoms with Crippen molar-refractivity contribution in [1.82, 2.24) is 0 Å². The Kier molecular flexibility index (Phi) is 7.53. The zero-order valence-corrected chi connectivity index (χ0v) is 30.6. The van der Waals surface area contributed by atoms with E-state index >= 15 is 0 Å². The van der Waals surface area contributed by atoms with Crippen molar-refractivity contribution in [2.45, 2.75) is 0 Å². The van der Waals surface area contributed by atoms with Crippen LogP contribution in [-0.2, 0) is 0 Å². The Labute approximate surface area is 325 Å². The van der Waals surface area contributed by atoms with Crippen LogP contribution < -0.4 is 4.90 Å². The van der Waals surface area contributed by atoms with E-state index in [1.54, 1.807) is 0 Å². The summed E-state index contributed by atoms with van der Waals surface area (Å²) in [7, 11) is 0. The van der Waals surface area contributed by atoms with Gasteiger partial charge in [0, 0.05) is 33.8 Å². The summed E-state index contributed by atoms with van der Waals surface area (Å²) in [6, 6.07) is 76.5. The number of furan rings is 1. The van der Waals surface area contributed by atoms with Gasteiger partial charge in [-0.05, 0) is 115 Å². The Hall–Kier alpha value is -7.42. The lowest BCUT2D eigenvalue weighted by Crippen LogP contribution is -2.11. The molecule has 10 aromatic carbocycles. The molecule has 0 unspecified atom stereocenters. The minimum Gasteiger partial charge on any atom is -0.456 e. The summed E-state index contributed by atoms with van der Waals surface area (Å²) in [4.78, 5) is 2.35. The Morgan fingerprint density at radius 2 is 0.857 bits per heavy atom. The average Bonchev–Trinajstić information content (AvgIpc) is 3.65. The van der Waals surface area contributed by atoms with E-state index < -0.39 is 0 Å². The first-order chi connectivity index (χ1) is 27.7. The molecule has 11 rings (SSSR count). The molecule has 262 valence electrons. The average molecular weight is 714 g/mol. The summed E-state index contributed by atoms with van der Waals surface area (Å²) >= 11 is 0. The largest absolute Gasteiger partial charge is 0.456 e. The summed E-state index contributed by atoms with van der Waals surface area (Å²) in [5, 5.41) is 9.67. The summed E-state index contributed by atoms with van der Waals surface area (Å²) < 4.78 is 6.57. The van der Waals surface area contributed by atoms with Gasteiger partial charge < -0.3 is 9.32 Å². The number of hydrogen-bond donors (Lipinski definition) is 0. The zero-order valence-electron chi connectivity index (χ0n) is 30.6. The van der Waals surface area contributed by atoms with Crippen LogP contribution in [-0.4, -0.2) is 0 Å². The second kappa shape index (κ2) is 13.2. The fourth-order valence-electron chi connectivity index (χ4n) is 8.41. The molecule has 2 heteroatoms. The minimum absolute atomic E-state index is 0.868. The highest BCUT2D eigenvalue weighted by Crippen LogP contribution is 2.44. The molecule has 0 fully saturated rings. The second-order valence-corrected chi connectivity index (χ2v) is 14.5. The van der Waals surface area contributed by atoms with Crippen LogP contribution in [0.25, 0.3) is 87.6 Å². The monoisotopic (exact) mass is 713 g/mol. The van der Waals surface area contributed by atoms with Crippen molar-refractivity contribution in [2.24, 2.45) is 0 Å². The summed E-state index contributed by atoms with van der Waals surface area (Å²) in [5.74, 6) is 0. The maximum atomic E-state index is 6.57. The first-order valence-corrected chi connectivity index (χ1v) is 19.2. The molecule has 0 aliphatic carbocycles. The maximum absolute atomic E-state index is 6.57. The molecule has 0 spiro atoms. The van der Waals surface area contributed by atoms with E-state index in [0.29, 0.717) is 0 Å². The van der Waals surface area contributed by atoms with Gasteiger partial charge in [0.1, 0.15) is 11.2 Å². The second-order valence-electron chi connectivity index (χ2n) is 14.5. The molecule has 0 radical (unpaired) electrons. The van der Waals surface area contributed by atoms with E-state index in [1.165, 1.54) is 60.1 Å². The van der Waals surface area contributed by atoms with Crippen LogP contribution in [0.3, 0.4) is 0 Å². The number of fused-ring (bicyclic) bond motifs is 7. The zero-order chi connectivity index (χ0) is 37.0. The lowest BCUT2D eigenvalue weighted by Gasteiger charge is -2.28. The minimum atomic E-state index is 0.868. The molecule has 0 saturated heterocycles. The molecule has 2 nitrogen and oxygen atoms in total. The number of anilines is 3. The lowest BCUT2D eigenvalue weighted by atomic mass is 9.96. The fraction of sp³-hybridized carbons (Fsp3) is 0. The van der Waals surface area contributed by atoms with Crippen molar-refractivity contribution in [3.8, 4) is 33.4 Å². The highest BCUT2D eigenvalue weighted by Gasteiger charge is 2.19. The van der Waals surface area contributed by atoms with E-state index in [-0.39, 0.29) is 0 Å². The first-order valence-electron chi connectivity index (χ1n) is 19.2. The molecule has 56 heavy (non-hydrogen) atoms. The van der Waals surface area contributed by atoms with E-state index in [0.717, 1.165) is 44.6 Å². The third-order valence-corrected chi connectivity index (χ3v) is 11.2. The normalized spacial score (nSPS) is 11.6. The van der Waals surface area contributed by atoms with Crippen molar-refractivity contribution in [2.75, 3.05) is 4.90 Å². The summed E-state index contributed by atoms with van der Waals surface area (Å²) in [6.07, 6.45) is 0. The van der Waals surface area contributed by atoms with Crippen LogP contribution in [0.15, 0.2) is 217 Å². The van der Waals surface area contributed by atoms with Gasteiger partial charge in [-0.25, -0.2) is 0 Å². The molecule has 1 aromatic heterocycles. The number of hydrogen-bond acceptors (Lipinski definition) is 2. The van der Waals surface area contributed by atoms with Crippen molar-refractivity contribution in [1.29, 1.82) is 0 Å².